The Morgan fingerprint density at radius 2 is 2.21 bits per heavy atom. The smallest absolute Gasteiger partial charge is 0.310 e. The van der Waals surface area contributed by atoms with Crippen LogP contribution >= 0.6 is 22.7 Å². The van der Waals surface area contributed by atoms with Crippen LogP contribution < -0.4 is 5.32 Å². The molecule has 0 saturated carbocycles. The molecule has 0 aromatic carbocycles. The van der Waals surface area contributed by atoms with Crippen molar-refractivity contribution < 1.29 is 19.1 Å². The number of carbonyl (C=O) groups is 3. The van der Waals surface area contributed by atoms with Gasteiger partial charge in [-0.05, 0) is 37.6 Å². The van der Waals surface area contributed by atoms with Gasteiger partial charge in [0.25, 0.3) is 5.91 Å². The summed E-state index contributed by atoms with van der Waals surface area (Å²) in [6.45, 7) is 3.25. The topological polar surface area (TPSA) is 88.6 Å². The van der Waals surface area contributed by atoms with Crippen LogP contribution in [0.1, 0.15) is 41.6 Å². The van der Waals surface area contributed by atoms with Gasteiger partial charge in [-0.15, -0.1) is 22.7 Å². The molecule has 28 heavy (non-hydrogen) atoms. The van der Waals surface area contributed by atoms with Gasteiger partial charge in [0.15, 0.2) is 5.13 Å². The fourth-order valence-corrected chi connectivity index (χ4v) is 4.45. The van der Waals surface area contributed by atoms with Gasteiger partial charge in [0.2, 0.25) is 5.91 Å². The first-order chi connectivity index (χ1) is 13.6. The maximum Gasteiger partial charge on any atom is 0.310 e. The van der Waals surface area contributed by atoms with E-state index >= 15 is 0 Å². The van der Waals surface area contributed by atoms with Crippen LogP contribution in [-0.2, 0) is 20.7 Å². The zero-order valence-corrected chi connectivity index (χ0v) is 17.3. The van der Waals surface area contributed by atoms with Crippen molar-refractivity contribution in [3.8, 4) is 0 Å². The summed E-state index contributed by atoms with van der Waals surface area (Å²) in [6.07, 6.45) is 2.41. The Morgan fingerprint density at radius 3 is 2.96 bits per heavy atom. The van der Waals surface area contributed by atoms with Crippen LogP contribution in [0.25, 0.3) is 0 Å². The third kappa shape index (κ3) is 5.39. The van der Waals surface area contributed by atoms with Crippen molar-refractivity contribution in [1.82, 2.24) is 9.88 Å². The number of amides is 2. The van der Waals surface area contributed by atoms with Crippen LogP contribution in [0.3, 0.4) is 0 Å². The molecule has 2 aromatic heterocycles. The fourth-order valence-electron chi connectivity index (χ4n) is 3.09. The SMILES string of the molecule is CCOC(=O)C1CCCN(C(=O)CCc2csc(NC(=O)c3cccs3)n2)C1. The standard InChI is InChI=1S/C19H23N3O4S2/c1-2-26-18(25)13-5-3-9-22(11-13)16(23)8-7-14-12-28-19(20-14)21-17(24)15-6-4-10-27-15/h4,6,10,12-13H,2-3,5,7-9,11H2,1H3,(H,20,21,24). The van der Waals surface area contributed by atoms with Crippen molar-refractivity contribution in [3.05, 3.63) is 33.5 Å². The summed E-state index contributed by atoms with van der Waals surface area (Å²) in [5.41, 5.74) is 0.777. The molecule has 1 atom stereocenters. The molecule has 1 N–H and O–H groups in total. The van der Waals surface area contributed by atoms with Crippen LogP contribution in [-0.4, -0.2) is 47.4 Å². The number of aryl methyl sites for hydroxylation is 1. The van der Waals surface area contributed by atoms with Crippen LogP contribution in [0.4, 0.5) is 5.13 Å². The number of ether oxygens (including phenoxy) is 1. The van der Waals surface area contributed by atoms with E-state index in [-0.39, 0.29) is 23.7 Å². The van der Waals surface area contributed by atoms with E-state index in [1.807, 2.05) is 16.8 Å². The molecule has 1 aliphatic rings. The van der Waals surface area contributed by atoms with E-state index in [4.69, 9.17) is 4.74 Å². The zero-order valence-electron chi connectivity index (χ0n) is 15.7. The monoisotopic (exact) mass is 421 g/mol. The molecule has 2 aromatic rings. The van der Waals surface area contributed by atoms with Crippen molar-refractivity contribution in [3.63, 3.8) is 0 Å². The number of thiophene rings is 1. The van der Waals surface area contributed by atoms with Gasteiger partial charge >= 0.3 is 5.97 Å². The van der Waals surface area contributed by atoms with Gasteiger partial charge in [0, 0.05) is 24.9 Å². The first-order valence-corrected chi connectivity index (χ1v) is 11.1. The molecule has 0 bridgehead atoms. The van der Waals surface area contributed by atoms with Gasteiger partial charge in [-0.2, -0.15) is 0 Å². The molecule has 150 valence electrons. The fraction of sp³-hybridized carbons (Fsp3) is 0.474. The number of esters is 1. The molecule has 1 aliphatic heterocycles. The quantitative estimate of drug-likeness (QED) is 0.694. The van der Waals surface area contributed by atoms with Crippen LogP contribution in [0.15, 0.2) is 22.9 Å². The average Bonchev–Trinajstić information content (AvgIpc) is 3.38. The van der Waals surface area contributed by atoms with E-state index in [0.717, 1.165) is 18.5 Å². The van der Waals surface area contributed by atoms with Gasteiger partial charge < -0.3 is 9.64 Å². The molecular formula is C19H23N3O4S2. The van der Waals surface area contributed by atoms with Crippen molar-refractivity contribution in [2.45, 2.75) is 32.6 Å². The summed E-state index contributed by atoms with van der Waals surface area (Å²) in [4.78, 5) is 43.3. The summed E-state index contributed by atoms with van der Waals surface area (Å²) >= 11 is 2.72. The van der Waals surface area contributed by atoms with Gasteiger partial charge in [0.05, 0.1) is 23.1 Å². The summed E-state index contributed by atoms with van der Waals surface area (Å²) < 4.78 is 5.08. The van der Waals surface area contributed by atoms with E-state index in [1.54, 1.807) is 17.9 Å². The molecule has 0 aliphatic carbocycles. The molecule has 1 fully saturated rings. The number of nitrogens with zero attached hydrogens (tertiary/aromatic N) is 2. The number of likely N-dealkylation sites (tertiary alicyclic amines) is 1. The minimum Gasteiger partial charge on any atom is -0.466 e. The lowest BCUT2D eigenvalue weighted by molar-refractivity contribution is -0.151. The van der Waals surface area contributed by atoms with Crippen molar-refractivity contribution in [2.24, 2.45) is 5.92 Å². The maximum absolute atomic E-state index is 12.5. The number of anilines is 1. The lowest BCUT2D eigenvalue weighted by atomic mass is 9.98. The normalized spacial score (nSPS) is 16.6. The third-order valence-corrected chi connectivity index (χ3v) is 6.18. The van der Waals surface area contributed by atoms with Crippen LogP contribution in [0, 0.1) is 5.92 Å². The van der Waals surface area contributed by atoms with Crippen molar-refractivity contribution in [1.29, 1.82) is 0 Å². The Kier molecular flexibility index (Phi) is 7.16. The number of aromatic nitrogens is 1. The predicted octanol–water partition coefficient (Wildman–Crippen LogP) is 3.19. The molecule has 1 saturated heterocycles. The highest BCUT2D eigenvalue weighted by molar-refractivity contribution is 7.14. The Bertz CT molecular complexity index is 819. The zero-order chi connectivity index (χ0) is 19.9. The average molecular weight is 422 g/mol. The molecule has 3 rings (SSSR count). The number of carbonyl (C=O) groups excluding carboxylic acids is 3. The number of nitrogens with one attached hydrogen (secondary N) is 1. The Morgan fingerprint density at radius 1 is 1.36 bits per heavy atom. The lowest BCUT2D eigenvalue weighted by Crippen LogP contribution is -2.42. The summed E-state index contributed by atoms with van der Waals surface area (Å²) in [5, 5.41) is 7.01. The lowest BCUT2D eigenvalue weighted by Gasteiger charge is -2.31. The van der Waals surface area contributed by atoms with Gasteiger partial charge in [0.1, 0.15) is 0 Å². The second kappa shape index (κ2) is 9.79. The van der Waals surface area contributed by atoms with Gasteiger partial charge in [-0.1, -0.05) is 6.07 Å². The highest BCUT2D eigenvalue weighted by Gasteiger charge is 2.29. The van der Waals surface area contributed by atoms with Crippen LogP contribution in [0.5, 0.6) is 0 Å². The number of thiazole rings is 1. The molecule has 3 heterocycles. The molecule has 0 radical (unpaired) electrons. The summed E-state index contributed by atoms with van der Waals surface area (Å²) in [7, 11) is 0. The number of rotatable bonds is 7. The van der Waals surface area contributed by atoms with Gasteiger partial charge in [-0.25, -0.2) is 4.98 Å². The maximum atomic E-state index is 12.5. The number of hydrogen-bond acceptors (Lipinski definition) is 7. The molecule has 9 heteroatoms. The minimum atomic E-state index is -0.226. The second-order valence-electron chi connectivity index (χ2n) is 6.51. The molecule has 1 unspecified atom stereocenters. The molecule has 2 amide bonds. The molecule has 7 nitrogen and oxygen atoms in total. The highest BCUT2D eigenvalue weighted by atomic mass is 32.1. The van der Waals surface area contributed by atoms with Crippen molar-refractivity contribution in [2.75, 3.05) is 25.0 Å². The summed E-state index contributed by atoms with van der Waals surface area (Å²) in [5.74, 6) is -0.599. The Labute approximate surface area is 171 Å². The van der Waals surface area contributed by atoms with E-state index in [1.165, 1.54) is 22.7 Å². The Hall–Kier alpha value is -2.26. The number of hydrogen-bond donors (Lipinski definition) is 1. The third-order valence-electron chi connectivity index (χ3n) is 4.51. The van der Waals surface area contributed by atoms with Gasteiger partial charge in [-0.3, -0.25) is 19.7 Å². The van der Waals surface area contributed by atoms with Crippen LogP contribution in [0.2, 0.25) is 0 Å². The highest BCUT2D eigenvalue weighted by Crippen LogP contribution is 2.21. The molecule has 0 spiro atoms. The minimum absolute atomic E-state index is 0.0196. The van der Waals surface area contributed by atoms with E-state index < -0.39 is 0 Å². The first kappa shape index (κ1) is 20.5. The van der Waals surface area contributed by atoms with E-state index in [0.29, 0.717) is 42.5 Å². The second-order valence-corrected chi connectivity index (χ2v) is 8.31. The predicted molar refractivity (Wildman–Crippen MR) is 109 cm³/mol. The number of piperidine rings is 1. The van der Waals surface area contributed by atoms with E-state index in [9.17, 15) is 14.4 Å². The van der Waals surface area contributed by atoms with E-state index in [2.05, 4.69) is 10.3 Å². The van der Waals surface area contributed by atoms with Crippen molar-refractivity contribution >= 4 is 45.6 Å². The summed E-state index contributed by atoms with van der Waals surface area (Å²) in [6, 6.07) is 3.58. The first-order valence-electron chi connectivity index (χ1n) is 9.30. The molecular weight excluding hydrogens is 398 g/mol. The largest absolute Gasteiger partial charge is 0.466 e. The Balaban J connectivity index is 1.47.